The molecule has 1 fully saturated rings. The van der Waals surface area contributed by atoms with Crippen LogP contribution in [0, 0.1) is 23.7 Å². The number of ether oxygens (including phenoxy) is 1. The van der Waals surface area contributed by atoms with Crippen molar-refractivity contribution >= 4 is 11.9 Å². The zero-order chi connectivity index (χ0) is 10.4. The van der Waals surface area contributed by atoms with Crippen molar-refractivity contribution in [3.63, 3.8) is 0 Å². The lowest BCUT2D eigenvalue weighted by atomic mass is 9.68. The molecule has 3 aliphatic rings. The van der Waals surface area contributed by atoms with E-state index in [1.54, 1.807) is 0 Å². The summed E-state index contributed by atoms with van der Waals surface area (Å²) in [4.78, 5) is 23.1. The predicted molar refractivity (Wildman–Crippen MR) is 52.6 cm³/mol. The number of esters is 2. The van der Waals surface area contributed by atoms with Crippen LogP contribution in [0.5, 0.6) is 0 Å². The van der Waals surface area contributed by atoms with Gasteiger partial charge in [0.2, 0.25) is 0 Å². The molecule has 78 valence electrons. The first kappa shape index (κ1) is 8.89. The zero-order valence-electron chi connectivity index (χ0n) is 8.26. The van der Waals surface area contributed by atoms with Gasteiger partial charge in [0.05, 0.1) is 11.8 Å². The summed E-state index contributed by atoms with van der Waals surface area (Å²) in [6.07, 6.45) is 10.0. The lowest BCUT2D eigenvalue weighted by molar-refractivity contribution is -0.154. The first-order chi connectivity index (χ1) is 7.27. The number of allylic oxidation sites excluding steroid dienone is 4. The Balaban J connectivity index is 2.06. The molecule has 0 aromatic rings. The van der Waals surface area contributed by atoms with Gasteiger partial charge in [-0.25, -0.2) is 0 Å². The number of carbonyl (C=O) groups is 2. The third-order valence-electron chi connectivity index (χ3n) is 3.64. The number of hydrogen-bond donors (Lipinski definition) is 0. The molecule has 0 amide bonds. The number of rotatable bonds is 0. The van der Waals surface area contributed by atoms with E-state index >= 15 is 0 Å². The van der Waals surface area contributed by atoms with Crippen molar-refractivity contribution < 1.29 is 14.3 Å². The van der Waals surface area contributed by atoms with E-state index in [2.05, 4.69) is 24.3 Å². The van der Waals surface area contributed by atoms with Crippen molar-refractivity contribution in [3.05, 3.63) is 24.3 Å². The van der Waals surface area contributed by atoms with Crippen LogP contribution < -0.4 is 0 Å². The summed E-state index contributed by atoms with van der Waals surface area (Å²) in [6.45, 7) is 0. The van der Waals surface area contributed by atoms with Crippen LogP contribution in [0.1, 0.15) is 12.8 Å². The van der Waals surface area contributed by atoms with E-state index in [0.29, 0.717) is 0 Å². The van der Waals surface area contributed by atoms with Gasteiger partial charge in [-0.3, -0.25) is 9.59 Å². The van der Waals surface area contributed by atoms with E-state index in [9.17, 15) is 9.59 Å². The van der Waals surface area contributed by atoms with Gasteiger partial charge in [-0.15, -0.1) is 0 Å². The van der Waals surface area contributed by atoms with Crippen LogP contribution in [0.2, 0.25) is 0 Å². The Hall–Kier alpha value is -1.38. The number of cyclic esters (lactones) is 2. The van der Waals surface area contributed by atoms with Gasteiger partial charge >= 0.3 is 11.9 Å². The van der Waals surface area contributed by atoms with Gasteiger partial charge in [0.15, 0.2) is 0 Å². The van der Waals surface area contributed by atoms with Gasteiger partial charge in [-0.1, -0.05) is 24.3 Å². The Morgan fingerprint density at radius 3 is 1.87 bits per heavy atom. The molecule has 0 N–H and O–H groups in total. The highest BCUT2D eigenvalue weighted by atomic mass is 16.6. The number of fused-ring (bicyclic) bond motifs is 5. The lowest BCUT2D eigenvalue weighted by Crippen LogP contribution is -2.34. The van der Waals surface area contributed by atoms with Gasteiger partial charge < -0.3 is 4.74 Å². The van der Waals surface area contributed by atoms with Crippen molar-refractivity contribution in [3.8, 4) is 0 Å². The Morgan fingerprint density at radius 1 is 0.933 bits per heavy atom. The third kappa shape index (κ3) is 1.19. The molecule has 0 aromatic heterocycles. The highest BCUT2D eigenvalue weighted by molar-refractivity contribution is 5.97. The van der Waals surface area contributed by atoms with Gasteiger partial charge in [0.1, 0.15) is 0 Å². The third-order valence-corrected chi connectivity index (χ3v) is 3.64. The molecule has 0 aromatic carbocycles. The summed E-state index contributed by atoms with van der Waals surface area (Å²) in [7, 11) is 0. The molecular formula is C12H12O3. The SMILES string of the molecule is O=C1OC(=O)C2C3C=CC(CC=CC3)C12. The molecule has 2 aliphatic carbocycles. The summed E-state index contributed by atoms with van der Waals surface area (Å²) < 4.78 is 4.75. The first-order valence-corrected chi connectivity index (χ1v) is 5.36. The topological polar surface area (TPSA) is 43.4 Å². The Bertz CT molecular complexity index is 346. The maximum atomic E-state index is 11.6. The van der Waals surface area contributed by atoms with E-state index in [1.807, 2.05) is 0 Å². The standard InChI is InChI=1S/C12H12O3/c13-11-9-7-3-1-2-4-8(6-5-7)10(9)12(14)15-11/h1-2,5-10H,3-4H2. The molecule has 1 aliphatic heterocycles. The van der Waals surface area contributed by atoms with Crippen molar-refractivity contribution in [1.82, 2.24) is 0 Å². The maximum absolute atomic E-state index is 11.6. The van der Waals surface area contributed by atoms with Gasteiger partial charge in [0, 0.05) is 0 Å². The van der Waals surface area contributed by atoms with E-state index in [1.165, 1.54) is 0 Å². The molecule has 3 heteroatoms. The van der Waals surface area contributed by atoms with Gasteiger partial charge in [-0.2, -0.15) is 0 Å². The van der Waals surface area contributed by atoms with Crippen molar-refractivity contribution in [2.24, 2.45) is 23.7 Å². The molecule has 2 bridgehead atoms. The van der Waals surface area contributed by atoms with Crippen LogP contribution in [0.25, 0.3) is 0 Å². The smallest absolute Gasteiger partial charge is 0.318 e. The number of hydrogen-bond acceptors (Lipinski definition) is 3. The molecule has 4 unspecified atom stereocenters. The lowest BCUT2D eigenvalue weighted by Gasteiger charge is -2.31. The van der Waals surface area contributed by atoms with Crippen LogP contribution in [0.4, 0.5) is 0 Å². The molecule has 1 heterocycles. The minimum atomic E-state index is -0.320. The predicted octanol–water partition coefficient (Wildman–Crippen LogP) is 1.45. The van der Waals surface area contributed by atoms with Crippen molar-refractivity contribution in [1.29, 1.82) is 0 Å². The molecule has 1 saturated heterocycles. The van der Waals surface area contributed by atoms with Gasteiger partial charge in [-0.05, 0) is 24.7 Å². The monoisotopic (exact) mass is 204 g/mol. The highest BCUT2D eigenvalue weighted by Crippen LogP contribution is 2.44. The molecule has 0 saturated carbocycles. The van der Waals surface area contributed by atoms with Crippen LogP contribution in [-0.2, 0) is 14.3 Å². The maximum Gasteiger partial charge on any atom is 0.318 e. The largest absolute Gasteiger partial charge is 0.393 e. The molecular weight excluding hydrogens is 192 g/mol. The normalized spacial score (nSPS) is 42.4. The van der Waals surface area contributed by atoms with Crippen LogP contribution >= 0.6 is 0 Å². The van der Waals surface area contributed by atoms with Gasteiger partial charge in [0.25, 0.3) is 0 Å². The number of carbonyl (C=O) groups excluding carboxylic acids is 2. The van der Waals surface area contributed by atoms with Crippen LogP contribution in [0.15, 0.2) is 24.3 Å². The Morgan fingerprint density at radius 2 is 1.40 bits per heavy atom. The summed E-state index contributed by atoms with van der Waals surface area (Å²) in [6, 6.07) is 0. The zero-order valence-corrected chi connectivity index (χ0v) is 8.26. The Labute approximate surface area is 87.8 Å². The molecule has 3 rings (SSSR count). The van der Waals surface area contributed by atoms with Crippen molar-refractivity contribution in [2.45, 2.75) is 12.8 Å². The minimum Gasteiger partial charge on any atom is -0.393 e. The second-order valence-electron chi connectivity index (χ2n) is 4.45. The average molecular weight is 204 g/mol. The fourth-order valence-corrected chi connectivity index (χ4v) is 2.89. The molecule has 15 heavy (non-hydrogen) atoms. The fraction of sp³-hybridized carbons (Fsp3) is 0.500. The highest BCUT2D eigenvalue weighted by Gasteiger charge is 2.52. The average Bonchev–Trinajstić information content (AvgIpc) is 2.43. The second kappa shape index (κ2) is 3.05. The molecule has 0 spiro atoms. The summed E-state index contributed by atoms with van der Waals surface area (Å²) in [5.74, 6) is -0.780. The van der Waals surface area contributed by atoms with Crippen LogP contribution in [-0.4, -0.2) is 11.9 Å². The van der Waals surface area contributed by atoms with E-state index in [-0.39, 0.29) is 35.6 Å². The summed E-state index contributed by atoms with van der Waals surface area (Å²) in [5.41, 5.74) is 0. The molecule has 0 radical (unpaired) electrons. The molecule has 4 atom stereocenters. The van der Waals surface area contributed by atoms with Crippen LogP contribution in [0.3, 0.4) is 0 Å². The van der Waals surface area contributed by atoms with E-state index < -0.39 is 0 Å². The quantitative estimate of drug-likeness (QED) is 0.341. The first-order valence-electron chi connectivity index (χ1n) is 5.36. The van der Waals surface area contributed by atoms with Crippen molar-refractivity contribution in [2.75, 3.05) is 0 Å². The van der Waals surface area contributed by atoms with E-state index in [0.717, 1.165) is 12.8 Å². The molecule has 3 nitrogen and oxygen atoms in total. The Kier molecular flexibility index (Phi) is 1.81. The fourth-order valence-electron chi connectivity index (χ4n) is 2.89. The summed E-state index contributed by atoms with van der Waals surface area (Å²) in [5, 5.41) is 0. The minimum absolute atomic E-state index is 0.154. The summed E-state index contributed by atoms with van der Waals surface area (Å²) >= 11 is 0. The second-order valence-corrected chi connectivity index (χ2v) is 4.45. The van der Waals surface area contributed by atoms with E-state index in [4.69, 9.17) is 4.74 Å².